The van der Waals surface area contributed by atoms with Crippen LogP contribution in [0, 0.1) is 5.82 Å². The minimum Gasteiger partial charge on any atom is -0.505 e. The van der Waals surface area contributed by atoms with Crippen LogP contribution in [0.1, 0.15) is 16.1 Å². The van der Waals surface area contributed by atoms with E-state index in [2.05, 4.69) is 20.3 Å². The maximum Gasteiger partial charge on any atom is 0.270 e. The van der Waals surface area contributed by atoms with Crippen LogP contribution < -0.4 is 5.32 Å². The number of aromatic nitrogens is 3. The van der Waals surface area contributed by atoms with Gasteiger partial charge in [0, 0.05) is 6.54 Å². The van der Waals surface area contributed by atoms with Gasteiger partial charge in [-0.25, -0.2) is 14.4 Å². The second-order valence-electron chi connectivity index (χ2n) is 4.44. The van der Waals surface area contributed by atoms with Crippen LogP contribution in [0.15, 0.2) is 36.7 Å². The third kappa shape index (κ3) is 2.66. The van der Waals surface area contributed by atoms with Gasteiger partial charge in [0.25, 0.3) is 5.91 Å². The third-order valence-electron chi connectivity index (χ3n) is 2.98. The van der Waals surface area contributed by atoms with Gasteiger partial charge in [-0.15, -0.1) is 0 Å². The van der Waals surface area contributed by atoms with E-state index in [4.69, 9.17) is 5.11 Å². The van der Waals surface area contributed by atoms with E-state index in [1.54, 1.807) is 12.1 Å². The second-order valence-corrected chi connectivity index (χ2v) is 4.44. The summed E-state index contributed by atoms with van der Waals surface area (Å²) in [5.74, 6) is -1.53. The Morgan fingerprint density at radius 1 is 1.33 bits per heavy atom. The number of halogens is 1. The van der Waals surface area contributed by atoms with Crippen LogP contribution in [-0.4, -0.2) is 26.0 Å². The maximum absolute atomic E-state index is 13.2. The highest BCUT2D eigenvalue weighted by molar-refractivity contribution is 5.93. The summed E-state index contributed by atoms with van der Waals surface area (Å²) >= 11 is 0. The summed E-state index contributed by atoms with van der Waals surface area (Å²) in [5, 5.41) is 11.7. The number of fused-ring (bicyclic) bond motifs is 1. The van der Waals surface area contributed by atoms with Crippen LogP contribution in [0.2, 0.25) is 0 Å². The third-order valence-corrected chi connectivity index (χ3v) is 2.98. The van der Waals surface area contributed by atoms with Crippen LogP contribution in [0.5, 0.6) is 5.75 Å². The summed E-state index contributed by atoms with van der Waals surface area (Å²) in [6.07, 6.45) is 1.50. The summed E-state index contributed by atoms with van der Waals surface area (Å²) in [6, 6.07) is 7.23. The van der Waals surface area contributed by atoms with Crippen molar-refractivity contribution in [3.05, 3.63) is 53.7 Å². The molecule has 0 aliphatic carbocycles. The number of aromatic hydroxyl groups is 1. The molecule has 1 amide bonds. The molecule has 3 aromatic rings. The normalized spacial score (nSPS) is 10.7. The van der Waals surface area contributed by atoms with Gasteiger partial charge in [-0.1, -0.05) is 6.07 Å². The summed E-state index contributed by atoms with van der Waals surface area (Å²) < 4.78 is 13.2. The summed E-state index contributed by atoms with van der Waals surface area (Å²) in [7, 11) is 0. The van der Waals surface area contributed by atoms with Gasteiger partial charge in [-0.05, 0) is 29.8 Å². The van der Waals surface area contributed by atoms with E-state index in [0.29, 0.717) is 11.2 Å². The van der Waals surface area contributed by atoms with E-state index in [1.807, 2.05) is 0 Å². The molecular weight excluding hydrogens is 275 g/mol. The number of nitrogens with one attached hydrogen (secondary N) is 2. The first-order valence-electron chi connectivity index (χ1n) is 6.19. The van der Waals surface area contributed by atoms with E-state index >= 15 is 0 Å². The fraction of sp³-hybridized carbons (Fsp3) is 0.0714. The molecule has 0 unspecified atom stereocenters. The number of benzene rings is 1. The lowest BCUT2D eigenvalue weighted by molar-refractivity contribution is 0.0946. The molecule has 6 nitrogen and oxygen atoms in total. The first-order chi connectivity index (χ1) is 10.1. The van der Waals surface area contributed by atoms with Crippen molar-refractivity contribution in [3.8, 4) is 5.75 Å². The molecule has 0 fully saturated rings. The molecule has 1 aromatic carbocycles. The minimum atomic E-state index is -0.724. The van der Waals surface area contributed by atoms with Crippen molar-refractivity contribution in [2.24, 2.45) is 0 Å². The molecule has 3 rings (SSSR count). The Bertz CT molecular complexity index is 816. The Morgan fingerprint density at radius 2 is 2.19 bits per heavy atom. The fourth-order valence-electron chi connectivity index (χ4n) is 1.88. The number of phenolic OH excluding ortho intramolecular Hbond substituents is 1. The van der Waals surface area contributed by atoms with Crippen LogP contribution in [0.4, 0.5) is 4.39 Å². The average molecular weight is 286 g/mol. The van der Waals surface area contributed by atoms with Crippen molar-refractivity contribution in [1.29, 1.82) is 0 Å². The molecule has 0 saturated carbocycles. The maximum atomic E-state index is 13.2. The highest BCUT2D eigenvalue weighted by Crippen LogP contribution is 2.16. The smallest absolute Gasteiger partial charge is 0.270 e. The number of aromatic amines is 1. The van der Waals surface area contributed by atoms with Crippen molar-refractivity contribution in [3.63, 3.8) is 0 Å². The largest absolute Gasteiger partial charge is 0.505 e. The van der Waals surface area contributed by atoms with E-state index in [0.717, 1.165) is 5.52 Å². The van der Waals surface area contributed by atoms with Crippen LogP contribution >= 0.6 is 0 Å². The van der Waals surface area contributed by atoms with Crippen molar-refractivity contribution < 1.29 is 14.3 Å². The van der Waals surface area contributed by atoms with Gasteiger partial charge >= 0.3 is 0 Å². The highest BCUT2D eigenvalue weighted by atomic mass is 19.1. The average Bonchev–Trinajstić information content (AvgIpc) is 2.95. The van der Waals surface area contributed by atoms with Crippen LogP contribution in [0.25, 0.3) is 11.2 Å². The zero-order valence-corrected chi connectivity index (χ0v) is 10.8. The Labute approximate surface area is 118 Å². The van der Waals surface area contributed by atoms with Crippen molar-refractivity contribution in [1.82, 2.24) is 20.3 Å². The van der Waals surface area contributed by atoms with Gasteiger partial charge in [0.15, 0.2) is 17.2 Å². The molecule has 3 N–H and O–H groups in total. The van der Waals surface area contributed by atoms with Gasteiger partial charge in [0.1, 0.15) is 5.69 Å². The molecule has 0 aliphatic rings. The number of imidazole rings is 1. The molecule has 21 heavy (non-hydrogen) atoms. The highest BCUT2D eigenvalue weighted by Gasteiger charge is 2.09. The van der Waals surface area contributed by atoms with Crippen molar-refractivity contribution in [2.75, 3.05) is 0 Å². The zero-order valence-electron chi connectivity index (χ0n) is 10.8. The summed E-state index contributed by atoms with van der Waals surface area (Å²) in [4.78, 5) is 23.0. The molecule has 0 radical (unpaired) electrons. The van der Waals surface area contributed by atoms with Gasteiger partial charge in [0.05, 0.1) is 11.8 Å². The van der Waals surface area contributed by atoms with Gasteiger partial charge in [-0.3, -0.25) is 4.79 Å². The monoisotopic (exact) mass is 286 g/mol. The van der Waals surface area contributed by atoms with E-state index in [9.17, 15) is 9.18 Å². The lowest BCUT2D eigenvalue weighted by Gasteiger charge is -2.05. The number of rotatable bonds is 3. The number of carbonyl (C=O) groups excluding carboxylic acids is 1. The van der Waals surface area contributed by atoms with E-state index in [1.165, 1.54) is 24.5 Å². The van der Waals surface area contributed by atoms with E-state index < -0.39 is 11.6 Å². The van der Waals surface area contributed by atoms with Gasteiger partial charge in [0.2, 0.25) is 0 Å². The van der Waals surface area contributed by atoms with Gasteiger partial charge in [-0.2, -0.15) is 0 Å². The number of H-pyrrole nitrogens is 1. The molecule has 0 aliphatic heterocycles. The minimum absolute atomic E-state index is 0.135. The van der Waals surface area contributed by atoms with Crippen LogP contribution in [0.3, 0.4) is 0 Å². The molecule has 0 saturated heterocycles. The summed E-state index contributed by atoms with van der Waals surface area (Å²) in [6.45, 7) is 0.135. The zero-order chi connectivity index (χ0) is 14.8. The predicted molar refractivity (Wildman–Crippen MR) is 73.1 cm³/mol. The number of hydrogen-bond donors (Lipinski definition) is 3. The molecule has 2 aromatic heterocycles. The number of nitrogens with zero attached hydrogens (tertiary/aromatic N) is 2. The van der Waals surface area contributed by atoms with Crippen LogP contribution in [-0.2, 0) is 6.54 Å². The Balaban J connectivity index is 1.72. The molecule has 7 heteroatoms. The molecule has 2 heterocycles. The lowest BCUT2D eigenvalue weighted by Crippen LogP contribution is -2.23. The van der Waals surface area contributed by atoms with Crippen molar-refractivity contribution in [2.45, 2.75) is 6.54 Å². The molecule has 106 valence electrons. The predicted octanol–water partition coefficient (Wildman–Crippen LogP) is 1.73. The fourth-order valence-corrected chi connectivity index (χ4v) is 1.88. The second kappa shape index (κ2) is 5.20. The Hall–Kier alpha value is -2.96. The number of phenols is 1. The lowest BCUT2D eigenvalue weighted by atomic mass is 10.2. The topological polar surface area (TPSA) is 90.9 Å². The SMILES string of the molecule is O=C(NCc1ccc(O)c(F)c1)c1ccc2[nH]cnc2n1. The standard InChI is InChI=1S/C14H11FN4O2/c15-9-5-8(1-4-12(9)20)6-16-14(21)11-3-2-10-13(19-11)18-7-17-10/h1-5,7,20H,6H2,(H,16,21)(H,17,18,19). The first kappa shape index (κ1) is 13.0. The number of amides is 1. The van der Waals surface area contributed by atoms with Crippen molar-refractivity contribution >= 4 is 17.1 Å². The Morgan fingerprint density at radius 3 is 3.00 bits per heavy atom. The number of pyridine rings is 1. The van der Waals surface area contributed by atoms with Gasteiger partial charge < -0.3 is 15.4 Å². The molecular formula is C14H11FN4O2. The molecule has 0 spiro atoms. The quantitative estimate of drug-likeness (QED) is 0.684. The molecule has 0 atom stereocenters. The number of hydrogen-bond acceptors (Lipinski definition) is 4. The Kier molecular flexibility index (Phi) is 3.23. The summed E-state index contributed by atoms with van der Waals surface area (Å²) in [5.41, 5.74) is 1.97. The first-order valence-corrected chi connectivity index (χ1v) is 6.19. The number of carbonyl (C=O) groups is 1. The molecule has 0 bridgehead atoms. The van der Waals surface area contributed by atoms with E-state index in [-0.39, 0.29) is 18.1 Å².